The van der Waals surface area contributed by atoms with E-state index in [-0.39, 0.29) is 16.7 Å². The summed E-state index contributed by atoms with van der Waals surface area (Å²) in [6.45, 7) is 0. The molecule has 2 heterocycles. The van der Waals surface area contributed by atoms with Crippen LogP contribution < -0.4 is 5.56 Å². The standard InChI is InChI=1S/C14H9F4N3O/c1-21-13-11(9(14(16,17)18)6-10(22)19-13)12(20-21)7-2-4-8(15)5-3-7/h2-6H,1H3,(H,19,22). The number of rotatable bonds is 1. The molecule has 0 amide bonds. The van der Waals surface area contributed by atoms with Crippen LogP contribution in [-0.4, -0.2) is 14.8 Å². The molecular weight excluding hydrogens is 302 g/mol. The van der Waals surface area contributed by atoms with Crippen molar-refractivity contribution >= 4 is 11.0 Å². The van der Waals surface area contributed by atoms with E-state index >= 15 is 0 Å². The summed E-state index contributed by atoms with van der Waals surface area (Å²) < 4.78 is 53.8. The molecule has 0 aliphatic rings. The number of aromatic nitrogens is 3. The van der Waals surface area contributed by atoms with Crippen molar-refractivity contribution in [3.05, 3.63) is 52.1 Å². The van der Waals surface area contributed by atoms with Gasteiger partial charge in [-0.3, -0.25) is 9.48 Å². The minimum atomic E-state index is -4.70. The van der Waals surface area contributed by atoms with Crippen LogP contribution in [0.4, 0.5) is 17.6 Å². The maximum absolute atomic E-state index is 13.2. The van der Waals surface area contributed by atoms with Crippen LogP contribution in [0.1, 0.15) is 5.56 Å². The number of aryl methyl sites for hydroxylation is 1. The largest absolute Gasteiger partial charge is 0.417 e. The van der Waals surface area contributed by atoms with Crippen LogP contribution in [0.25, 0.3) is 22.3 Å². The average Bonchev–Trinajstić information content (AvgIpc) is 2.75. The molecule has 22 heavy (non-hydrogen) atoms. The van der Waals surface area contributed by atoms with Gasteiger partial charge in [0.05, 0.1) is 10.9 Å². The highest BCUT2D eigenvalue weighted by Gasteiger charge is 2.35. The molecule has 0 radical (unpaired) electrons. The van der Waals surface area contributed by atoms with E-state index in [2.05, 4.69) is 10.1 Å². The molecule has 0 atom stereocenters. The van der Waals surface area contributed by atoms with Crippen molar-refractivity contribution in [2.75, 3.05) is 0 Å². The van der Waals surface area contributed by atoms with Gasteiger partial charge >= 0.3 is 6.18 Å². The summed E-state index contributed by atoms with van der Waals surface area (Å²) in [7, 11) is 1.42. The van der Waals surface area contributed by atoms with Crippen molar-refractivity contribution in [2.45, 2.75) is 6.18 Å². The number of benzene rings is 1. The third-order valence-corrected chi connectivity index (χ3v) is 3.26. The lowest BCUT2D eigenvalue weighted by Gasteiger charge is -2.08. The van der Waals surface area contributed by atoms with Crippen LogP contribution in [0.5, 0.6) is 0 Å². The van der Waals surface area contributed by atoms with Gasteiger partial charge in [-0.2, -0.15) is 18.3 Å². The van der Waals surface area contributed by atoms with Crippen LogP contribution in [0.2, 0.25) is 0 Å². The van der Waals surface area contributed by atoms with Crippen molar-refractivity contribution in [1.29, 1.82) is 0 Å². The monoisotopic (exact) mass is 311 g/mol. The molecule has 0 aliphatic carbocycles. The molecule has 0 saturated carbocycles. The second-order valence-electron chi connectivity index (χ2n) is 4.75. The predicted molar refractivity (Wildman–Crippen MR) is 71.7 cm³/mol. The van der Waals surface area contributed by atoms with Gasteiger partial charge in [0.15, 0.2) is 0 Å². The number of fused-ring (bicyclic) bond motifs is 1. The third kappa shape index (κ3) is 2.26. The van der Waals surface area contributed by atoms with Crippen LogP contribution in [-0.2, 0) is 13.2 Å². The number of H-pyrrole nitrogens is 1. The van der Waals surface area contributed by atoms with Gasteiger partial charge in [0.1, 0.15) is 17.2 Å². The zero-order valence-corrected chi connectivity index (χ0v) is 11.2. The van der Waals surface area contributed by atoms with Crippen LogP contribution in [0, 0.1) is 5.82 Å². The Kier molecular flexibility index (Phi) is 3.05. The van der Waals surface area contributed by atoms with Gasteiger partial charge in [0.2, 0.25) is 5.56 Å². The first kappa shape index (κ1) is 14.3. The van der Waals surface area contributed by atoms with E-state index in [1.807, 2.05) is 0 Å². The van der Waals surface area contributed by atoms with E-state index in [9.17, 15) is 22.4 Å². The highest BCUT2D eigenvalue weighted by Crippen LogP contribution is 2.37. The summed E-state index contributed by atoms with van der Waals surface area (Å²) in [6.07, 6.45) is -4.70. The number of aromatic amines is 1. The predicted octanol–water partition coefficient (Wildman–Crippen LogP) is 3.09. The average molecular weight is 311 g/mol. The van der Waals surface area contributed by atoms with Gasteiger partial charge in [-0.15, -0.1) is 0 Å². The first-order valence-electron chi connectivity index (χ1n) is 6.20. The fourth-order valence-corrected chi connectivity index (χ4v) is 2.31. The topological polar surface area (TPSA) is 50.7 Å². The van der Waals surface area contributed by atoms with Crippen LogP contribution in [0.15, 0.2) is 35.1 Å². The number of nitrogens with one attached hydrogen (secondary N) is 1. The van der Waals surface area contributed by atoms with Crippen molar-refractivity contribution in [3.8, 4) is 11.3 Å². The minimum absolute atomic E-state index is 0.0288. The van der Waals surface area contributed by atoms with E-state index in [1.165, 1.54) is 19.2 Å². The lowest BCUT2D eigenvalue weighted by molar-refractivity contribution is -0.136. The van der Waals surface area contributed by atoms with Gasteiger partial charge in [0.25, 0.3) is 0 Å². The molecule has 0 bridgehead atoms. The number of halogens is 4. The van der Waals surface area contributed by atoms with E-state index < -0.39 is 23.1 Å². The van der Waals surface area contributed by atoms with Crippen LogP contribution in [0.3, 0.4) is 0 Å². The van der Waals surface area contributed by atoms with E-state index in [4.69, 9.17) is 0 Å². The van der Waals surface area contributed by atoms with Crippen LogP contribution >= 0.6 is 0 Å². The van der Waals surface area contributed by atoms with Gasteiger partial charge < -0.3 is 4.98 Å². The van der Waals surface area contributed by atoms with Crippen molar-refractivity contribution in [3.63, 3.8) is 0 Å². The summed E-state index contributed by atoms with van der Waals surface area (Å²) in [4.78, 5) is 13.8. The maximum atomic E-state index is 13.2. The van der Waals surface area contributed by atoms with Crippen molar-refractivity contribution in [2.24, 2.45) is 7.05 Å². The Balaban J connectivity index is 2.41. The molecule has 0 unspecified atom stereocenters. The zero-order valence-electron chi connectivity index (χ0n) is 11.2. The van der Waals surface area contributed by atoms with Gasteiger partial charge in [-0.1, -0.05) is 0 Å². The summed E-state index contributed by atoms with van der Waals surface area (Å²) >= 11 is 0. The fourth-order valence-electron chi connectivity index (χ4n) is 2.31. The molecule has 0 aliphatic heterocycles. The molecule has 4 nitrogen and oxygen atoms in total. The molecule has 1 aromatic carbocycles. The van der Waals surface area contributed by atoms with Gasteiger partial charge in [0, 0.05) is 18.7 Å². The third-order valence-electron chi connectivity index (χ3n) is 3.26. The molecule has 3 rings (SSSR count). The molecule has 0 fully saturated rings. The normalized spacial score (nSPS) is 12.0. The van der Waals surface area contributed by atoms with E-state index in [0.717, 1.165) is 16.8 Å². The second-order valence-corrected chi connectivity index (χ2v) is 4.75. The number of nitrogens with zero attached hydrogens (tertiary/aromatic N) is 2. The molecule has 114 valence electrons. The first-order chi connectivity index (χ1) is 10.3. The Labute approximate surface area is 121 Å². The molecule has 8 heteroatoms. The lowest BCUT2D eigenvalue weighted by Crippen LogP contribution is -2.14. The summed E-state index contributed by atoms with van der Waals surface area (Å²) in [5.74, 6) is -0.506. The Morgan fingerprint density at radius 2 is 1.82 bits per heavy atom. The quantitative estimate of drug-likeness (QED) is 0.702. The van der Waals surface area contributed by atoms with E-state index in [1.54, 1.807) is 0 Å². The Morgan fingerprint density at radius 1 is 1.18 bits per heavy atom. The first-order valence-corrected chi connectivity index (χ1v) is 6.20. The maximum Gasteiger partial charge on any atom is 0.417 e. The highest BCUT2D eigenvalue weighted by molar-refractivity contribution is 5.94. The lowest BCUT2D eigenvalue weighted by atomic mass is 10.0. The summed E-state index contributed by atoms with van der Waals surface area (Å²) in [6, 6.07) is 5.44. The summed E-state index contributed by atoms with van der Waals surface area (Å²) in [5.41, 5.74) is -1.63. The molecule has 3 aromatic rings. The Hall–Kier alpha value is -2.64. The molecule has 1 N–H and O–H groups in total. The number of alkyl halides is 3. The second kappa shape index (κ2) is 4.69. The van der Waals surface area contributed by atoms with Gasteiger partial charge in [-0.05, 0) is 24.3 Å². The Morgan fingerprint density at radius 3 is 2.41 bits per heavy atom. The Bertz CT molecular complexity index is 907. The number of hydrogen-bond donors (Lipinski definition) is 1. The summed E-state index contributed by atoms with van der Waals surface area (Å²) in [5, 5.41) is 3.81. The molecule has 0 saturated heterocycles. The van der Waals surface area contributed by atoms with Crippen molar-refractivity contribution < 1.29 is 17.6 Å². The van der Waals surface area contributed by atoms with Gasteiger partial charge in [-0.25, -0.2) is 4.39 Å². The number of pyridine rings is 1. The minimum Gasteiger partial charge on any atom is -0.307 e. The fraction of sp³-hybridized carbons (Fsp3) is 0.143. The SMILES string of the molecule is Cn1nc(-c2ccc(F)cc2)c2c(C(F)(F)F)cc(=O)[nH]c21. The number of hydrogen-bond acceptors (Lipinski definition) is 2. The smallest absolute Gasteiger partial charge is 0.307 e. The molecular formula is C14H9F4N3O. The van der Waals surface area contributed by atoms with Crippen molar-refractivity contribution in [1.82, 2.24) is 14.8 Å². The zero-order chi connectivity index (χ0) is 16.1. The molecule has 2 aromatic heterocycles. The highest BCUT2D eigenvalue weighted by atomic mass is 19.4. The van der Waals surface area contributed by atoms with E-state index in [0.29, 0.717) is 11.6 Å². The molecule has 0 spiro atoms.